The maximum Gasteiger partial charge on any atom is 0.410 e. The first-order chi connectivity index (χ1) is 11.2. The number of rotatable bonds is 0. The van der Waals surface area contributed by atoms with Crippen LogP contribution < -0.4 is 4.90 Å². The van der Waals surface area contributed by atoms with Crippen molar-refractivity contribution >= 4 is 29.3 Å². The first-order valence-electron chi connectivity index (χ1n) is 8.24. The second-order valence-corrected chi connectivity index (χ2v) is 7.88. The molecule has 2 amide bonds. The van der Waals surface area contributed by atoms with Crippen molar-refractivity contribution in [3.63, 3.8) is 0 Å². The molecule has 130 valence electrons. The second kappa shape index (κ2) is 5.96. The van der Waals surface area contributed by atoms with E-state index in [2.05, 4.69) is 0 Å². The van der Waals surface area contributed by atoms with Crippen LogP contribution in [0.2, 0.25) is 5.02 Å². The molecular weight excluding hydrogens is 328 g/mol. The number of anilines is 1. The van der Waals surface area contributed by atoms with Crippen molar-refractivity contribution in [1.29, 1.82) is 0 Å². The summed E-state index contributed by atoms with van der Waals surface area (Å²) in [6, 6.07) is 3.85. The zero-order valence-corrected chi connectivity index (χ0v) is 15.3. The maximum absolute atomic E-state index is 12.5. The van der Waals surface area contributed by atoms with E-state index in [4.69, 9.17) is 16.3 Å². The lowest BCUT2D eigenvalue weighted by molar-refractivity contribution is -0.116. The first kappa shape index (κ1) is 17.1. The number of amides is 2. The molecule has 1 unspecified atom stereocenters. The summed E-state index contributed by atoms with van der Waals surface area (Å²) in [4.78, 5) is 28.0. The number of carbonyl (C=O) groups is 2. The Labute approximate surface area is 147 Å². The third-order valence-electron chi connectivity index (χ3n) is 4.46. The smallest absolute Gasteiger partial charge is 0.410 e. The van der Waals surface area contributed by atoms with E-state index in [0.29, 0.717) is 24.7 Å². The van der Waals surface area contributed by atoms with E-state index in [0.717, 1.165) is 23.2 Å². The monoisotopic (exact) mass is 350 g/mol. The van der Waals surface area contributed by atoms with E-state index in [9.17, 15) is 9.59 Å². The topological polar surface area (TPSA) is 49.9 Å². The molecule has 0 fully saturated rings. The van der Waals surface area contributed by atoms with Gasteiger partial charge in [0, 0.05) is 32.5 Å². The zero-order valence-electron chi connectivity index (χ0n) is 14.6. The second-order valence-electron chi connectivity index (χ2n) is 7.47. The molecular formula is C18H23ClN2O3. The highest BCUT2D eigenvalue weighted by atomic mass is 35.5. The number of carbonyl (C=O) groups excluding carboxylic acids is 2. The third-order valence-corrected chi connectivity index (χ3v) is 4.77. The van der Waals surface area contributed by atoms with Crippen LogP contribution in [0.3, 0.4) is 0 Å². The van der Waals surface area contributed by atoms with Gasteiger partial charge in [-0.1, -0.05) is 17.7 Å². The van der Waals surface area contributed by atoms with E-state index in [1.54, 1.807) is 16.7 Å². The summed E-state index contributed by atoms with van der Waals surface area (Å²) < 4.78 is 5.52. The van der Waals surface area contributed by atoms with Crippen molar-refractivity contribution < 1.29 is 14.3 Å². The van der Waals surface area contributed by atoms with Crippen LogP contribution in [-0.4, -0.2) is 42.1 Å². The van der Waals surface area contributed by atoms with Crippen LogP contribution in [-0.2, 0) is 16.0 Å². The fourth-order valence-electron chi connectivity index (χ4n) is 3.51. The summed E-state index contributed by atoms with van der Waals surface area (Å²) in [7, 11) is 0. The van der Waals surface area contributed by atoms with Gasteiger partial charge in [-0.15, -0.1) is 0 Å². The summed E-state index contributed by atoms with van der Waals surface area (Å²) in [5.41, 5.74) is 2.57. The van der Waals surface area contributed by atoms with E-state index in [1.807, 2.05) is 32.9 Å². The fraction of sp³-hybridized carbons (Fsp3) is 0.556. The number of hydrogen-bond donors (Lipinski definition) is 0. The van der Waals surface area contributed by atoms with Gasteiger partial charge in [0.1, 0.15) is 5.60 Å². The van der Waals surface area contributed by atoms with Gasteiger partial charge in [-0.25, -0.2) is 4.79 Å². The van der Waals surface area contributed by atoms with Crippen molar-refractivity contribution in [3.05, 3.63) is 28.3 Å². The van der Waals surface area contributed by atoms with Crippen LogP contribution >= 0.6 is 11.6 Å². The van der Waals surface area contributed by atoms with Crippen LogP contribution in [0.4, 0.5) is 10.5 Å². The standard InChI is InChI=1S/C18H23ClN2O3/c1-11(22)21-10-13-9-20(17(23)24-18(2,3)4)8-7-12-5-6-14(19)16(21)15(12)13/h5-6,13H,7-10H2,1-4H3. The Balaban J connectivity index is 1.92. The fourth-order valence-corrected chi connectivity index (χ4v) is 3.78. The van der Waals surface area contributed by atoms with Crippen molar-refractivity contribution in [2.24, 2.45) is 0 Å². The normalized spacial score (nSPS) is 19.8. The van der Waals surface area contributed by atoms with Crippen LogP contribution in [0.1, 0.15) is 44.7 Å². The van der Waals surface area contributed by atoms with Gasteiger partial charge in [0.05, 0.1) is 10.7 Å². The van der Waals surface area contributed by atoms with Crippen LogP contribution in [0.25, 0.3) is 0 Å². The number of nitrogens with zero attached hydrogens (tertiary/aromatic N) is 2. The third kappa shape index (κ3) is 3.09. The number of halogens is 1. The minimum atomic E-state index is -0.522. The van der Waals surface area contributed by atoms with Gasteiger partial charge in [0.2, 0.25) is 5.91 Å². The Bertz CT molecular complexity index is 696. The molecule has 1 aromatic carbocycles. The Morgan fingerprint density at radius 1 is 1.25 bits per heavy atom. The summed E-state index contributed by atoms with van der Waals surface area (Å²) in [6.07, 6.45) is 0.435. The molecule has 1 atom stereocenters. The highest BCUT2D eigenvalue weighted by Crippen LogP contribution is 2.45. The van der Waals surface area contributed by atoms with Crippen molar-refractivity contribution in [2.45, 2.75) is 45.6 Å². The average molecular weight is 351 g/mol. The number of ether oxygens (including phenoxy) is 1. The van der Waals surface area contributed by atoms with Gasteiger partial charge in [0.15, 0.2) is 0 Å². The quantitative estimate of drug-likeness (QED) is 0.718. The van der Waals surface area contributed by atoms with E-state index >= 15 is 0 Å². The van der Waals surface area contributed by atoms with Gasteiger partial charge in [-0.05, 0) is 44.4 Å². The molecule has 0 N–H and O–H groups in total. The van der Waals surface area contributed by atoms with Crippen molar-refractivity contribution in [1.82, 2.24) is 4.90 Å². The molecule has 2 aliphatic rings. The molecule has 0 radical (unpaired) electrons. The van der Waals surface area contributed by atoms with Crippen molar-refractivity contribution in [2.75, 3.05) is 24.5 Å². The molecule has 0 spiro atoms. The molecule has 6 heteroatoms. The zero-order chi connectivity index (χ0) is 17.6. The summed E-state index contributed by atoms with van der Waals surface area (Å²) >= 11 is 6.37. The van der Waals surface area contributed by atoms with Crippen LogP contribution in [0, 0.1) is 0 Å². The predicted molar refractivity (Wildman–Crippen MR) is 93.7 cm³/mol. The average Bonchev–Trinajstić information content (AvgIpc) is 2.74. The Hall–Kier alpha value is -1.75. The molecule has 0 aliphatic carbocycles. The molecule has 2 heterocycles. The van der Waals surface area contributed by atoms with Crippen molar-refractivity contribution in [3.8, 4) is 0 Å². The maximum atomic E-state index is 12.5. The van der Waals surface area contributed by atoms with Gasteiger partial charge in [0.25, 0.3) is 0 Å². The molecule has 2 aliphatic heterocycles. The number of benzene rings is 1. The van der Waals surface area contributed by atoms with Gasteiger partial charge < -0.3 is 14.5 Å². The molecule has 0 bridgehead atoms. The van der Waals surface area contributed by atoms with Gasteiger partial charge in [-0.2, -0.15) is 0 Å². The summed E-state index contributed by atoms with van der Waals surface area (Å²) in [5.74, 6) is 0.0507. The highest BCUT2D eigenvalue weighted by molar-refractivity contribution is 6.34. The molecule has 1 aromatic rings. The van der Waals surface area contributed by atoms with E-state index in [1.165, 1.54) is 0 Å². The summed E-state index contributed by atoms with van der Waals surface area (Å²) in [6.45, 7) is 8.85. The summed E-state index contributed by atoms with van der Waals surface area (Å²) in [5, 5.41) is 0.595. The lowest BCUT2D eigenvalue weighted by Gasteiger charge is -2.28. The minimum absolute atomic E-state index is 0.0257. The van der Waals surface area contributed by atoms with E-state index in [-0.39, 0.29) is 17.9 Å². The first-order valence-corrected chi connectivity index (χ1v) is 8.62. The molecule has 0 saturated carbocycles. The van der Waals surface area contributed by atoms with E-state index < -0.39 is 5.60 Å². The molecule has 0 aromatic heterocycles. The van der Waals surface area contributed by atoms with Gasteiger partial charge in [-0.3, -0.25) is 4.79 Å². The largest absolute Gasteiger partial charge is 0.444 e. The van der Waals surface area contributed by atoms with Gasteiger partial charge >= 0.3 is 6.09 Å². The van der Waals surface area contributed by atoms with Crippen LogP contribution in [0.5, 0.6) is 0 Å². The molecule has 5 nitrogen and oxygen atoms in total. The Morgan fingerprint density at radius 2 is 1.96 bits per heavy atom. The number of hydrogen-bond acceptors (Lipinski definition) is 3. The lowest BCUT2D eigenvalue weighted by atomic mass is 9.95. The molecule has 24 heavy (non-hydrogen) atoms. The highest BCUT2D eigenvalue weighted by Gasteiger charge is 2.38. The lowest BCUT2D eigenvalue weighted by Crippen LogP contribution is -2.40. The molecule has 3 rings (SSSR count). The van der Waals surface area contributed by atoms with Crippen LogP contribution in [0.15, 0.2) is 12.1 Å². The predicted octanol–water partition coefficient (Wildman–Crippen LogP) is 3.58. The Kier molecular flexibility index (Phi) is 4.24. The Morgan fingerprint density at radius 3 is 2.58 bits per heavy atom. The SMILES string of the molecule is CC(=O)N1CC2CN(C(=O)OC(C)(C)C)CCc3ccc(Cl)c1c32. The molecule has 0 saturated heterocycles. The minimum Gasteiger partial charge on any atom is -0.444 e.